The highest BCUT2D eigenvalue weighted by molar-refractivity contribution is 5.08. The van der Waals surface area contributed by atoms with Gasteiger partial charge < -0.3 is 5.32 Å². The van der Waals surface area contributed by atoms with Crippen LogP contribution in [0.5, 0.6) is 0 Å². The zero-order valence-electron chi connectivity index (χ0n) is 13.5. The Morgan fingerprint density at radius 3 is 2.63 bits per heavy atom. The van der Waals surface area contributed by atoms with Crippen LogP contribution in [0.25, 0.3) is 0 Å². The van der Waals surface area contributed by atoms with Gasteiger partial charge in [0.1, 0.15) is 0 Å². The van der Waals surface area contributed by atoms with Crippen molar-refractivity contribution in [2.75, 3.05) is 19.6 Å². The number of allylic oxidation sites excluding steroid dienone is 1. The average Bonchev–Trinajstić information content (AvgIpc) is 3.21. The van der Waals surface area contributed by atoms with Crippen LogP contribution in [0.1, 0.15) is 53.9 Å². The normalized spacial score (nSPS) is 34.1. The third-order valence-electron chi connectivity index (χ3n) is 5.37. The molecule has 0 spiro atoms. The maximum atomic E-state index is 3.84. The highest BCUT2D eigenvalue weighted by Crippen LogP contribution is 2.44. The summed E-state index contributed by atoms with van der Waals surface area (Å²) in [7, 11) is 0. The van der Waals surface area contributed by atoms with Crippen molar-refractivity contribution in [2.24, 2.45) is 11.8 Å². The van der Waals surface area contributed by atoms with Gasteiger partial charge in [-0.15, -0.1) is 0 Å². The highest BCUT2D eigenvalue weighted by Gasteiger charge is 2.48. The molecule has 1 aliphatic heterocycles. The van der Waals surface area contributed by atoms with Crippen molar-refractivity contribution in [1.29, 1.82) is 0 Å². The van der Waals surface area contributed by atoms with Crippen molar-refractivity contribution in [3.63, 3.8) is 0 Å². The minimum atomic E-state index is 0.385. The molecule has 0 aromatic carbocycles. The van der Waals surface area contributed by atoms with Crippen LogP contribution in [0, 0.1) is 11.8 Å². The molecule has 0 radical (unpaired) electrons. The van der Waals surface area contributed by atoms with E-state index in [0.717, 1.165) is 18.4 Å². The maximum Gasteiger partial charge on any atom is 0.0337 e. The van der Waals surface area contributed by atoms with E-state index >= 15 is 0 Å². The van der Waals surface area contributed by atoms with Gasteiger partial charge in [-0.3, -0.25) is 4.90 Å². The second-order valence-electron chi connectivity index (χ2n) is 7.19. The summed E-state index contributed by atoms with van der Waals surface area (Å²) in [5.74, 6) is 1.70. The van der Waals surface area contributed by atoms with Crippen molar-refractivity contribution in [1.82, 2.24) is 10.2 Å². The lowest BCUT2D eigenvalue weighted by molar-refractivity contribution is 0.0333. The predicted octanol–water partition coefficient (Wildman–Crippen LogP) is 3.44. The van der Waals surface area contributed by atoms with Crippen LogP contribution in [-0.2, 0) is 0 Å². The molecule has 3 unspecified atom stereocenters. The molecule has 2 rings (SSSR count). The molecular formula is C17H32N2. The number of nitrogens with one attached hydrogen (secondary N) is 1. The lowest BCUT2D eigenvalue weighted by atomic mass is 9.86. The van der Waals surface area contributed by atoms with Crippen LogP contribution in [0.2, 0.25) is 0 Å². The first-order valence-corrected chi connectivity index (χ1v) is 8.09. The van der Waals surface area contributed by atoms with Gasteiger partial charge in [0.05, 0.1) is 0 Å². The summed E-state index contributed by atoms with van der Waals surface area (Å²) in [4.78, 5) is 2.75. The summed E-state index contributed by atoms with van der Waals surface area (Å²) in [5, 5.41) is 3.84. The summed E-state index contributed by atoms with van der Waals surface area (Å²) in [6.07, 6.45) is 6.53. The molecule has 0 aromatic rings. The smallest absolute Gasteiger partial charge is 0.0337 e. The van der Waals surface area contributed by atoms with Gasteiger partial charge in [-0.2, -0.15) is 0 Å². The Balaban J connectivity index is 2.07. The van der Waals surface area contributed by atoms with E-state index in [0.29, 0.717) is 11.6 Å². The minimum absolute atomic E-state index is 0.385. The molecule has 1 N–H and O–H groups in total. The van der Waals surface area contributed by atoms with Crippen LogP contribution in [-0.4, -0.2) is 36.1 Å². The highest BCUT2D eigenvalue weighted by atomic mass is 15.3. The Kier molecular flexibility index (Phi) is 4.73. The number of rotatable bonds is 5. The Morgan fingerprint density at radius 1 is 1.42 bits per heavy atom. The van der Waals surface area contributed by atoms with Gasteiger partial charge >= 0.3 is 0 Å². The van der Waals surface area contributed by atoms with Crippen LogP contribution in [0.4, 0.5) is 0 Å². The SMILES string of the molecule is CCC(C)C1CN(CC=C(C)C)C(C)(C2CC2)CN1. The summed E-state index contributed by atoms with van der Waals surface area (Å²) < 4.78 is 0. The number of hydrogen-bond donors (Lipinski definition) is 1. The summed E-state index contributed by atoms with van der Waals surface area (Å²) in [6.45, 7) is 15.1. The maximum absolute atomic E-state index is 3.84. The van der Waals surface area contributed by atoms with E-state index in [9.17, 15) is 0 Å². The lowest BCUT2D eigenvalue weighted by Gasteiger charge is -2.49. The molecule has 0 aromatic heterocycles. The monoisotopic (exact) mass is 264 g/mol. The van der Waals surface area contributed by atoms with Crippen molar-refractivity contribution < 1.29 is 0 Å². The average molecular weight is 264 g/mol. The molecule has 110 valence electrons. The molecule has 1 saturated heterocycles. The van der Waals surface area contributed by atoms with Crippen molar-refractivity contribution in [2.45, 2.75) is 65.5 Å². The van der Waals surface area contributed by atoms with E-state index < -0.39 is 0 Å². The van der Waals surface area contributed by atoms with Crippen LogP contribution >= 0.6 is 0 Å². The summed E-state index contributed by atoms with van der Waals surface area (Å²) in [6, 6.07) is 0.669. The van der Waals surface area contributed by atoms with Crippen molar-refractivity contribution in [3.8, 4) is 0 Å². The Morgan fingerprint density at radius 2 is 2.11 bits per heavy atom. The zero-order valence-corrected chi connectivity index (χ0v) is 13.5. The molecule has 2 nitrogen and oxygen atoms in total. The second kappa shape index (κ2) is 5.97. The zero-order chi connectivity index (χ0) is 14.0. The minimum Gasteiger partial charge on any atom is -0.311 e. The fraction of sp³-hybridized carbons (Fsp3) is 0.882. The third kappa shape index (κ3) is 3.41. The largest absolute Gasteiger partial charge is 0.311 e. The number of hydrogen-bond acceptors (Lipinski definition) is 2. The first-order chi connectivity index (χ1) is 8.97. The third-order valence-corrected chi connectivity index (χ3v) is 5.37. The molecule has 1 heterocycles. The van der Waals surface area contributed by atoms with Gasteiger partial charge in [-0.05, 0) is 45.4 Å². The Bertz CT molecular complexity index is 328. The van der Waals surface area contributed by atoms with E-state index in [-0.39, 0.29) is 0 Å². The van der Waals surface area contributed by atoms with Crippen LogP contribution in [0.15, 0.2) is 11.6 Å². The van der Waals surface area contributed by atoms with E-state index in [1.54, 1.807) is 0 Å². The summed E-state index contributed by atoms with van der Waals surface area (Å²) >= 11 is 0. The molecule has 3 atom stereocenters. The van der Waals surface area contributed by atoms with Gasteiger partial charge in [0.15, 0.2) is 0 Å². The fourth-order valence-electron chi connectivity index (χ4n) is 3.31. The van der Waals surface area contributed by atoms with Crippen molar-refractivity contribution in [3.05, 3.63) is 11.6 Å². The van der Waals surface area contributed by atoms with Gasteiger partial charge in [-0.25, -0.2) is 0 Å². The molecule has 0 bridgehead atoms. The summed E-state index contributed by atoms with van der Waals surface area (Å²) in [5.41, 5.74) is 1.83. The van der Waals surface area contributed by atoms with E-state index in [1.165, 1.54) is 37.9 Å². The molecule has 2 aliphatic rings. The fourth-order valence-corrected chi connectivity index (χ4v) is 3.31. The van der Waals surface area contributed by atoms with Crippen LogP contribution in [0.3, 0.4) is 0 Å². The Labute approximate surface area is 119 Å². The quantitative estimate of drug-likeness (QED) is 0.765. The number of nitrogens with zero attached hydrogens (tertiary/aromatic N) is 1. The van der Waals surface area contributed by atoms with Crippen LogP contribution < -0.4 is 5.32 Å². The molecule has 2 fully saturated rings. The van der Waals surface area contributed by atoms with E-state index in [1.807, 2.05) is 0 Å². The molecule has 2 heteroatoms. The second-order valence-corrected chi connectivity index (χ2v) is 7.19. The molecule has 0 amide bonds. The van der Waals surface area contributed by atoms with E-state index in [2.05, 4.69) is 50.9 Å². The standard InChI is InChI=1S/C17H32N2/c1-6-14(4)16-11-19(10-9-13(2)3)17(5,12-18-16)15-7-8-15/h9,14-16,18H,6-8,10-12H2,1-5H3. The topological polar surface area (TPSA) is 15.3 Å². The molecule has 1 aliphatic carbocycles. The van der Waals surface area contributed by atoms with Gasteiger partial charge in [0, 0.05) is 31.2 Å². The predicted molar refractivity (Wildman–Crippen MR) is 83.4 cm³/mol. The molecule has 1 saturated carbocycles. The van der Waals surface area contributed by atoms with Gasteiger partial charge in [0.2, 0.25) is 0 Å². The lowest BCUT2D eigenvalue weighted by Crippen LogP contribution is -2.65. The van der Waals surface area contributed by atoms with Gasteiger partial charge in [-0.1, -0.05) is 31.9 Å². The van der Waals surface area contributed by atoms with Crippen molar-refractivity contribution >= 4 is 0 Å². The van der Waals surface area contributed by atoms with Gasteiger partial charge in [0.25, 0.3) is 0 Å². The van der Waals surface area contributed by atoms with E-state index in [4.69, 9.17) is 0 Å². The first-order valence-electron chi connectivity index (χ1n) is 8.09. The Hall–Kier alpha value is -0.340. The molecular weight excluding hydrogens is 232 g/mol. The molecule has 19 heavy (non-hydrogen) atoms. The number of piperazine rings is 1. The first kappa shape index (κ1) is 15.1.